The van der Waals surface area contributed by atoms with E-state index in [0.29, 0.717) is 37.0 Å². The highest BCUT2D eigenvalue weighted by Crippen LogP contribution is 2.69. The van der Waals surface area contributed by atoms with E-state index in [4.69, 9.17) is 9.47 Å². The maximum atomic E-state index is 13.8. The van der Waals surface area contributed by atoms with Gasteiger partial charge in [-0.1, -0.05) is 92.4 Å². The standard InChI is InChI=1S/C51H84O9/c1-9-11-12-13-21-50(8,57)44-17-16-39-38-30-42(41-28-36(53)18-22-48(41,6)40(38)20-23-49(39,44)7)59-45(55)29-37(54)27-35(52)19-24-51(58)33(5)14-15-34-25-31(3)26-43(46(34)51)60-47(56)32(4)10-2/h14-15,25,31-33,35-44,46,52-54,57-58H,9-13,16-24,26-30H2,1-8H3/t31-,32-,33-,35+,36-,37+,38?,39?,40?,41+,42-,43-,44-,46+,48+,49-,50-,51+/m0/s1. The second-order valence-electron chi connectivity index (χ2n) is 22.1. The van der Waals surface area contributed by atoms with Gasteiger partial charge in [-0.05, 0) is 143 Å². The molecule has 0 amide bonds. The Hall–Kier alpha value is -1.78. The van der Waals surface area contributed by atoms with Gasteiger partial charge in [-0.3, -0.25) is 9.59 Å². The lowest BCUT2D eigenvalue weighted by Crippen LogP contribution is -2.59. The number of esters is 2. The molecule has 342 valence electrons. The molecular weight excluding hydrogens is 757 g/mol. The monoisotopic (exact) mass is 841 g/mol. The number of fused-ring (bicyclic) bond motifs is 6. The third kappa shape index (κ3) is 9.66. The van der Waals surface area contributed by atoms with E-state index in [0.717, 1.165) is 69.8 Å². The highest BCUT2D eigenvalue weighted by Gasteiger charge is 2.64. The summed E-state index contributed by atoms with van der Waals surface area (Å²) in [5.74, 6) is 0.141. The summed E-state index contributed by atoms with van der Waals surface area (Å²) in [7, 11) is 0. The molecule has 6 aliphatic carbocycles. The molecule has 3 unspecified atom stereocenters. The number of hydrogen-bond acceptors (Lipinski definition) is 9. The Morgan fingerprint density at radius 2 is 1.62 bits per heavy atom. The Morgan fingerprint density at radius 1 is 0.900 bits per heavy atom. The fraction of sp³-hybridized carbons (Fsp3) is 0.882. The predicted molar refractivity (Wildman–Crippen MR) is 234 cm³/mol. The molecule has 9 nitrogen and oxygen atoms in total. The molecule has 0 aromatic heterocycles. The smallest absolute Gasteiger partial charge is 0.308 e. The fourth-order valence-electron chi connectivity index (χ4n) is 14.4. The van der Waals surface area contributed by atoms with Crippen molar-refractivity contribution in [3.63, 3.8) is 0 Å². The van der Waals surface area contributed by atoms with Crippen molar-refractivity contribution >= 4 is 11.9 Å². The van der Waals surface area contributed by atoms with Crippen molar-refractivity contribution in [2.24, 2.45) is 64.1 Å². The molecule has 0 aromatic rings. The van der Waals surface area contributed by atoms with Crippen molar-refractivity contribution in [2.45, 2.75) is 219 Å². The lowest BCUT2D eigenvalue weighted by Gasteiger charge is -2.63. The minimum Gasteiger partial charge on any atom is -0.462 e. The molecule has 0 aliphatic heterocycles. The zero-order chi connectivity index (χ0) is 43.8. The van der Waals surface area contributed by atoms with Crippen LogP contribution in [-0.2, 0) is 19.1 Å². The molecule has 5 N–H and O–H groups in total. The minimum absolute atomic E-state index is 0.0262. The number of carbonyl (C=O) groups excluding carboxylic acids is 2. The molecule has 60 heavy (non-hydrogen) atoms. The van der Waals surface area contributed by atoms with E-state index in [9.17, 15) is 35.1 Å². The maximum absolute atomic E-state index is 13.8. The van der Waals surface area contributed by atoms with Gasteiger partial charge in [0, 0.05) is 11.8 Å². The normalized spacial score (nSPS) is 42.3. The molecule has 9 heteroatoms. The number of rotatable bonds is 17. The SMILES string of the molecule is CCCCCC[C@](C)(O)[C@H]1CCC2C3C[C@H](OC(=O)C[C@H](O)C[C@H](O)CC[C@]4(O)[C@@H]5C(=C[C@H](C)C[C@@H]5OC(=O)[C@@H](C)CC)C=C[C@@H]4C)[C@H]4C[C@@H](O)CC[C@]4(C)C3CC[C@@]21C. The van der Waals surface area contributed by atoms with Crippen molar-refractivity contribution in [3.8, 4) is 0 Å². The van der Waals surface area contributed by atoms with E-state index >= 15 is 0 Å². The van der Waals surface area contributed by atoms with Crippen LogP contribution >= 0.6 is 0 Å². The summed E-state index contributed by atoms with van der Waals surface area (Å²) in [6.07, 6.45) is 17.1. The first kappa shape index (κ1) is 47.7. The molecule has 0 radical (unpaired) electrons. The van der Waals surface area contributed by atoms with Gasteiger partial charge in [0.25, 0.3) is 0 Å². The highest BCUT2D eigenvalue weighted by atomic mass is 16.5. The van der Waals surface area contributed by atoms with Crippen LogP contribution in [0, 0.1) is 64.1 Å². The Balaban J connectivity index is 1.09. The van der Waals surface area contributed by atoms with Crippen molar-refractivity contribution in [1.29, 1.82) is 0 Å². The number of aliphatic hydroxyl groups excluding tert-OH is 3. The summed E-state index contributed by atoms with van der Waals surface area (Å²) >= 11 is 0. The summed E-state index contributed by atoms with van der Waals surface area (Å²) in [6, 6.07) is 0. The molecule has 0 heterocycles. The van der Waals surface area contributed by atoms with Crippen LogP contribution in [0.4, 0.5) is 0 Å². The van der Waals surface area contributed by atoms with Gasteiger partial charge in [-0.15, -0.1) is 0 Å². The third-order valence-corrected chi connectivity index (χ3v) is 18.0. The zero-order valence-electron chi connectivity index (χ0n) is 38.6. The van der Waals surface area contributed by atoms with Gasteiger partial charge in [0.05, 0.1) is 47.8 Å². The second kappa shape index (κ2) is 19.1. The van der Waals surface area contributed by atoms with Crippen LogP contribution in [0.15, 0.2) is 23.8 Å². The van der Waals surface area contributed by atoms with Crippen LogP contribution in [0.2, 0.25) is 0 Å². The van der Waals surface area contributed by atoms with Gasteiger partial charge in [0.2, 0.25) is 0 Å². The molecule has 0 saturated heterocycles. The Morgan fingerprint density at radius 3 is 2.33 bits per heavy atom. The van der Waals surface area contributed by atoms with Gasteiger partial charge in [0.15, 0.2) is 0 Å². The maximum Gasteiger partial charge on any atom is 0.308 e. The van der Waals surface area contributed by atoms with E-state index in [1.165, 1.54) is 12.8 Å². The number of ether oxygens (including phenoxy) is 2. The molecule has 0 spiro atoms. The third-order valence-electron chi connectivity index (χ3n) is 18.0. The highest BCUT2D eigenvalue weighted by molar-refractivity contribution is 5.72. The lowest BCUT2D eigenvalue weighted by molar-refractivity contribution is -0.198. The van der Waals surface area contributed by atoms with Crippen molar-refractivity contribution in [2.75, 3.05) is 0 Å². The summed E-state index contributed by atoms with van der Waals surface area (Å²) in [5, 5.41) is 57.7. The van der Waals surface area contributed by atoms with E-state index in [1.807, 2.05) is 32.9 Å². The Kier molecular flexibility index (Phi) is 15.2. The number of hydrogen-bond donors (Lipinski definition) is 5. The predicted octanol–water partition coefficient (Wildman–Crippen LogP) is 9.01. The van der Waals surface area contributed by atoms with E-state index in [1.54, 1.807) is 0 Å². The van der Waals surface area contributed by atoms with E-state index < -0.39 is 47.5 Å². The number of carbonyl (C=O) groups is 2. The average Bonchev–Trinajstić information content (AvgIpc) is 3.55. The van der Waals surface area contributed by atoms with Crippen LogP contribution in [0.5, 0.6) is 0 Å². The summed E-state index contributed by atoms with van der Waals surface area (Å²) in [4.78, 5) is 26.7. The largest absolute Gasteiger partial charge is 0.462 e. The molecule has 0 aromatic carbocycles. The Labute approximate surface area is 362 Å². The molecule has 18 atom stereocenters. The van der Waals surface area contributed by atoms with Gasteiger partial charge < -0.3 is 35.0 Å². The first-order chi connectivity index (χ1) is 28.3. The first-order valence-electron chi connectivity index (χ1n) is 24.6. The lowest BCUT2D eigenvalue weighted by atomic mass is 9.43. The number of unbranched alkanes of at least 4 members (excludes halogenated alkanes) is 3. The summed E-state index contributed by atoms with van der Waals surface area (Å²) in [6.45, 7) is 17.0. The molecular formula is C51H84O9. The van der Waals surface area contributed by atoms with Crippen LogP contribution in [0.25, 0.3) is 0 Å². The number of allylic oxidation sites excluding steroid dienone is 2. The minimum atomic E-state index is -1.26. The van der Waals surface area contributed by atoms with Gasteiger partial charge >= 0.3 is 11.9 Å². The van der Waals surface area contributed by atoms with Crippen molar-refractivity contribution in [1.82, 2.24) is 0 Å². The topological polar surface area (TPSA) is 154 Å². The second-order valence-corrected chi connectivity index (χ2v) is 22.1. The molecule has 4 fully saturated rings. The van der Waals surface area contributed by atoms with Gasteiger partial charge in [0.1, 0.15) is 12.2 Å². The Bertz CT molecular complexity index is 1540. The van der Waals surface area contributed by atoms with Crippen LogP contribution in [-0.4, -0.2) is 79.2 Å². The molecule has 6 aliphatic rings. The summed E-state index contributed by atoms with van der Waals surface area (Å²) < 4.78 is 12.5. The quantitative estimate of drug-likeness (QED) is 0.0714. The molecule has 0 bridgehead atoms. The summed E-state index contributed by atoms with van der Waals surface area (Å²) in [5.41, 5.74) is -1.04. The van der Waals surface area contributed by atoms with Crippen LogP contribution in [0.3, 0.4) is 0 Å². The van der Waals surface area contributed by atoms with Crippen LogP contribution in [0.1, 0.15) is 177 Å². The zero-order valence-corrected chi connectivity index (χ0v) is 38.6. The fourth-order valence-corrected chi connectivity index (χ4v) is 14.4. The van der Waals surface area contributed by atoms with Crippen LogP contribution < -0.4 is 0 Å². The first-order valence-corrected chi connectivity index (χ1v) is 24.6. The van der Waals surface area contributed by atoms with Crippen molar-refractivity contribution in [3.05, 3.63) is 23.8 Å². The van der Waals surface area contributed by atoms with Gasteiger partial charge in [-0.2, -0.15) is 0 Å². The number of aliphatic hydroxyl groups is 5. The van der Waals surface area contributed by atoms with Crippen molar-refractivity contribution < 1.29 is 44.6 Å². The van der Waals surface area contributed by atoms with E-state index in [-0.39, 0.29) is 78.2 Å². The molecule has 6 rings (SSSR count). The van der Waals surface area contributed by atoms with E-state index in [2.05, 4.69) is 40.7 Å². The molecule has 4 saturated carbocycles. The van der Waals surface area contributed by atoms with Gasteiger partial charge in [-0.25, -0.2) is 0 Å². The average molecular weight is 841 g/mol.